The van der Waals surface area contributed by atoms with Gasteiger partial charge in [0.05, 0.1) is 5.69 Å². The van der Waals surface area contributed by atoms with Crippen molar-refractivity contribution in [3.8, 4) is 33.4 Å². The summed E-state index contributed by atoms with van der Waals surface area (Å²) < 4.78 is 0. The Morgan fingerprint density at radius 1 is 0.404 bits per heavy atom. The zero-order valence-electron chi connectivity index (χ0n) is 26.6. The first kappa shape index (κ1) is 29.1. The van der Waals surface area contributed by atoms with Crippen LogP contribution in [-0.2, 0) is 5.41 Å². The van der Waals surface area contributed by atoms with E-state index in [1.54, 1.807) is 0 Å². The highest BCUT2D eigenvalue weighted by atomic mass is 32.2. The van der Waals surface area contributed by atoms with Crippen LogP contribution in [0.4, 0.5) is 17.1 Å². The molecular weight excluding hydrogens is 587 g/mol. The molecule has 0 saturated heterocycles. The second-order valence-corrected chi connectivity index (χ2v) is 13.7. The third-order valence-electron chi connectivity index (χ3n) is 9.34. The van der Waals surface area contributed by atoms with Gasteiger partial charge >= 0.3 is 0 Å². The summed E-state index contributed by atoms with van der Waals surface area (Å²) in [6.07, 6.45) is 0. The smallest absolute Gasteiger partial charge is 0.0604 e. The molecule has 1 nitrogen and oxygen atoms in total. The van der Waals surface area contributed by atoms with Crippen molar-refractivity contribution in [1.29, 1.82) is 0 Å². The number of fused-ring (bicyclic) bond motifs is 2. The predicted octanol–water partition coefficient (Wildman–Crippen LogP) is 12.9. The van der Waals surface area contributed by atoms with E-state index in [2.05, 4.69) is 195 Å². The average molecular weight is 622 g/mol. The summed E-state index contributed by atoms with van der Waals surface area (Å²) in [4.78, 5) is 5.06. The number of hydrogen-bond donors (Lipinski definition) is 0. The molecule has 2 heteroatoms. The van der Waals surface area contributed by atoms with Crippen LogP contribution in [0, 0.1) is 0 Å². The molecule has 0 fully saturated rings. The quantitative estimate of drug-likeness (QED) is 0.182. The third kappa shape index (κ3) is 5.45. The average Bonchev–Trinajstić information content (AvgIpc) is 3.13. The second-order valence-electron chi connectivity index (χ2n) is 12.6. The minimum Gasteiger partial charge on any atom is -0.309 e. The van der Waals surface area contributed by atoms with Crippen LogP contribution in [0.3, 0.4) is 0 Å². The summed E-state index contributed by atoms with van der Waals surface area (Å²) in [6.45, 7) is 4.71. The summed E-state index contributed by atoms with van der Waals surface area (Å²) in [5.41, 5.74) is 13.4. The van der Waals surface area contributed by atoms with Crippen molar-refractivity contribution in [3.05, 3.63) is 187 Å². The van der Waals surface area contributed by atoms with E-state index in [1.807, 2.05) is 11.8 Å². The molecule has 47 heavy (non-hydrogen) atoms. The van der Waals surface area contributed by atoms with E-state index >= 15 is 0 Å². The number of benzene rings is 7. The zero-order chi connectivity index (χ0) is 31.8. The van der Waals surface area contributed by atoms with Gasteiger partial charge in [-0.3, -0.25) is 0 Å². The van der Waals surface area contributed by atoms with Gasteiger partial charge in [-0.2, -0.15) is 0 Å². The molecule has 0 spiro atoms. The lowest BCUT2D eigenvalue weighted by Gasteiger charge is -2.37. The molecule has 0 atom stereocenters. The van der Waals surface area contributed by atoms with Gasteiger partial charge in [-0.25, -0.2) is 0 Å². The number of anilines is 3. The van der Waals surface area contributed by atoms with Gasteiger partial charge in [0.25, 0.3) is 0 Å². The van der Waals surface area contributed by atoms with Crippen LogP contribution in [0.5, 0.6) is 0 Å². The molecule has 0 aliphatic carbocycles. The van der Waals surface area contributed by atoms with E-state index in [-0.39, 0.29) is 5.41 Å². The van der Waals surface area contributed by atoms with E-state index in [0.717, 1.165) is 11.4 Å². The first-order valence-electron chi connectivity index (χ1n) is 16.2. The SMILES string of the molecule is CC1(C)c2ccccc2Sc2c(N(c3ccc(-c4ccccc4)cc3)c3ccc(-c4cccc(-c5ccccc5)c4)cc3)cccc21. The Morgan fingerprint density at radius 3 is 1.47 bits per heavy atom. The fourth-order valence-electron chi connectivity index (χ4n) is 6.80. The Labute approximate surface area is 282 Å². The largest absolute Gasteiger partial charge is 0.309 e. The Morgan fingerprint density at radius 2 is 0.851 bits per heavy atom. The highest BCUT2D eigenvalue weighted by molar-refractivity contribution is 7.99. The molecule has 8 rings (SSSR count). The molecule has 0 amide bonds. The monoisotopic (exact) mass is 621 g/mol. The van der Waals surface area contributed by atoms with Crippen LogP contribution in [0.1, 0.15) is 25.0 Å². The Kier molecular flexibility index (Phi) is 7.52. The van der Waals surface area contributed by atoms with Gasteiger partial charge in [-0.05, 0) is 87.0 Å². The van der Waals surface area contributed by atoms with Crippen molar-refractivity contribution >= 4 is 28.8 Å². The second kappa shape index (κ2) is 12.1. The van der Waals surface area contributed by atoms with Crippen LogP contribution >= 0.6 is 11.8 Å². The maximum atomic E-state index is 2.43. The maximum absolute atomic E-state index is 2.43. The molecule has 7 aromatic rings. The van der Waals surface area contributed by atoms with Crippen molar-refractivity contribution in [3.63, 3.8) is 0 Å². The van der Waals surface area contributed by atoms with Crippen LogP contribution in [-0.4, -0.2) is 0 Å². The predicted molar refractivity (Wildman–Crippen MR) is 200 cm³/mol. The zero-order valence-corrected chi connectivity index (χ0v) is 27.4. The van der Waals surface area contributed by atoms with Crippen LogP contribution in [0.2, 0.25) is 0 Å². The van der Waals surface area contributed by atoms with E-state index in [4.69, 9.17) is 0 Å². The Balaban J connectivity index is 1.23. The maximum Gasteiger partial charge on any atom is 0.0604 e. The normalized spacial score (nSPS) is 13.0. The van der Waals surface area contributed by atoms with Crippen LogP contribution in [0.25, 0.3) is 33.4 Å². The number of nitrogens with zero attached hydrogens (tertiary/aromatic N) is 1. The van der Waals surface area contributed by atoms with Crippen molar-refractivity contribution in [2.75, 3.05) is 4.90 Å². The van der Waals surface area contributed by atoms with Crippen molar-refractivity contribution in [2.24, 2.45) is 0 Å². The van der Waals surface area contributed by atoms with Crippen LogP contribution < -0.4 is 4.90 Å². The molecule has 226 valence electrons. The molecule has 0 unspecified atom stereocenters. The fraction of sp³-hybridized carbons (Fsp3) is 0.0667. The summed E-state index contributed by atoms with van der Waals surface area (Å²) in [7, 11) is 0. The van der Waals surface area contributed by atoms with Gasteiger partial charge in [-0.1, -0.05) is 159 Å². The lowest BCUT2D eigenvalue weighted by molar-refractivity contribution is 0.607. The van der Waals surface area contributed by atoms with Crippen molar-refractivity contribution in [1.82, 2.24) is 0 Å². The van der Waals surface area contributed by atoms with Gasteiger partial charge in [0.1, 0.15) is 0 Å². The molecule has 7 aromatic carbocycles. The molecule has 0 N–H and O–H groups in total. The van der Waals surface area contributed by atoms with Gasteiger partial charge in [0.2, 0.25) is 0 Å². The van der Waals surface area contributed by atoms with E-state index in [1.165, 1.54) is 60.0 Å². The first-order chi connectivity index (χ1) is 23.1. The molecule has 1 aliphatic heterocycles. The number of hydrogen-bond acceptors (Lipinski definition) is 2. The van der Waals surface area contributed by atoms with Gasteiger partial charge in [0, 0.05) is 26.6 Å². The highest BCUT2D eigenvalue weighted by Crippen LogP contribution is 2.54. The van der Waals surface area contributed by atoms with E-state index in [9.17, 15) is 0 Å². The molecule has 1 aliphatic rings. The standard InChI is InChI=1S/C45H35NS/c1-45(2)40-19-9-10-22-43(40)47-44-41(45)20-12-21-42(44)46(38-27-23-34(24-28-38)32-13-5-3-6-14-32)39-29-25-35(26-30-39)37-18-11-17-36(31-37)33-15-7-4-8-16-33/h3-31H,1-2H3. The summed E-state index contributed by atoms with van der Waals surface area (Å²) in [6, 6.07) is 63.7. The van der Waals surface area contributed by atoms with E-state index in [0.29, 0.717) is 0 Å². The van der Waals surface area contributed by atoms with Crippen molar-refractivity contribution < 1.29 is 0 Å². The number of rotatable bonds is 6. The summed E-state index contributed by atoms with van der Waals surface area (Å²) >= 11 is 1.89. The van der Waals surface area contributed by atoms with E-state index < -0.39 is 0 Å². The molecule has 0 saturated carbocycles. The van der Waals surface area contributed by atoms with Gasteiger partial charge in [0.15, 0.2) is 0 Å². The lowest BCUT2D eigenvalue weighted by Crippen LogP contribution is -2.25. The van der Waals surface area contributed by atoms with Crippen LogP contribution in [0.15, 0.2) is 186 Å². The Bertz CT molecular complexity index is 2170. The third-order valence-corrected chi connectivity index (χ3v) is 10.6. The van der Waals surface area contributed by atoms with Gasteiger partial charge < -0.3 is 4.90 Å². The van der Waals surface area contributed by atoms with Crippen molar-refractivity contribution in [2.45, 2.75) is 29.1 Å². The lowest BCUT2D eigenvalue weighted by atomic mass is 9.77. The molecule has 0 radical (unpaired) electrons. The fourth-order valence-corrected chi connectivity index (χ4v) is 8.30. The highest BCUT2D eigenvalue weighted by Gasteiger charge is 2.35. The van der Waals surface area contributed by atoms with Gasteiger partial charge in [-0.15, -0.1) is 0 Å². The molecule has 1 heterocycles. The summed E-state index contributed by atoms with van der Waals surface area (Å²) in [5.74, 6) is 0. The molecule has 0 bridgehead atoms. The molecular formula is C45H35NS. The molecule has 0 aromatic heterocycles. The minimum absolute atomic E-state index is 0.107. The first-order valence-corrected chi connectivity index (χ1v) is 17.0. The topological polar surface area (TPSA) is 3.24 Å². The summed E-state index contributed by atoms with van der Waals surface area (Å²) in [5, 5.41) is 0. The Hall–Kier alpha value is -5.31. The minimum atomic E-state index is -0.107.